The maximum Gasteiger partial charge on any atom is 0.241 e. The third-order valence-electron chi connectivity index (χ3n) is 5.45. The summed E-state index contributed by atoms with van der Waals surface area (Å²) < 4.78 is 28.2. The van der Waals surface area contributed by atoms with Gasteiger partial charge in [0, 0.05) is 46.8 Å². The normalized spacial score (nSPS) is 11.7. The molecule has 0 amide bonds. The molecule has 0 aliphatic carbocycles. The number of hydrogen-bond acceptors (Lipinski definition) is 4. The van der Waals surface area contributed by atoms with E-state index in [0.29, 0.717) is 18.5 Å². The molecule has 5 nitrogen and oxygen atoms in total. The lowest BCUT2D eigenvalue weighted by Crippen LogP contribution is -2.25. The van der Waals surface area contributed by atoms with Gasteiger partial charge in [0.15, 0.2) is 0 Å². The van der Waals surface area contributed by atoms with Gasteiger partial charge in [0.2, 0.25) is 10.0 Å². The fraction of sp³-hybridized carbons (Fsp3) is 0.192. The second-order valence-corrected chi connectivity index (χ2v) is 9.96. The van der Waals surface area contributed by atoms with Crippen molar-refractivity contribution in [1.82, 2.24) is 15.0 Å². The van der Waals surface area contributed by atoms with E-state index >= 15 is 0 Å². The fourth-order valence-corrected chi connectivity index (χ4v) is 5.35. The number of benzene rings is 3. The second kappa shape index (κ2) is 10.9. The van der Waals surface area contributed by atoms with Gasteiger partial charge in [-0.3, -0.25) is 4.98 Å². The number of sulfonamides is 1. The molecule has 7 heteroatoms. The van der Waals surface area contributed by atoms with Gasteiger partial charge in [0.25, 0.3) is 0 Å². The van der Waals surface area contributed by atoms with Gasteiger partial charge in [-0.05, 0) is 48.7 Å². The Bertz CT molecular complexity index is 1320. The molecule has 4 rings (SSSR count). The summed E-state index contributed by atoms with van der Waals surface area (Å²) in [5.74, 6) is 0. The van der Waals surface area contributed by atoms with Crippen LogP contribution in [0.5, 0.6) is 0 Å². The van der Waals surface area contributed by atoms with Gasteiger partial charge in [-0.2, -0.15) is 0 Å². The molecule has 0 aliphatic heterocycles. The highest BCUT2D eigenvalue weighted by Gasteiger charge is 2.16. The van der Waals surface area contributed by atoms with Crippen molar-refractivity contribution in [2.45, 2.75) is 24.3 Å². The zero-order chi connectivity index (χ0) is 23.1. The number of rotatable bonds is 10. The van der Waals surface area contributed by atoms with Crippen LogP contribution < -0.4 is 10.0 Å². The topological polar surface area (TPSA) is 71.1 Å². The van der Waals surface area contributed by atoms with Crippen LogP contribution in [0.4, 0.5) is 0 Å². The molecule has 1 aromatic heterocycles. The molecule has 2 N–H and O–H groups in total. The van der Waals surface area contributed by atoms with Crippen molar-refractivity contribution in [2.24, 2.45) is 0 Å². The summed E-state index contributed by atoms with van der Waals surface area (Å²) >= 11 is 6.48. The van der Waals surface area contributed by atoms with Crippen molar-refractivity contribution in [2.75, 3.05) is 13.1 Å². The van der Waals surface area contributed by atoms with Crippen LogP contribution in [-0.2, 0) is 16.6 Å². The smallest absolute Gasteiger partial charge is 0.241 e. The lowest BCUT2D eigenvalue weighted by atomic mass is 10.0. The van der Waals surface area contributed by atoms with Crippen LogP contribution in [0.25, 0.3) is 21.9 Å². The van der Waals surface area contributed by atoms with E-state index in [9.17, 15) is 8.42 Å². The van der Waals surface area contributed by atoms with Crippen LogP contribution in [0.15, 0.2) is 90.1 Å². The summed E-state index contributed by atoms with van der Waals surface area (Å²) in [7, 11) is -3.57. The first-order chi connectivity index (χ1) is 16.0. The van der Waals surface area contributed by atoms with Crippen LogP contribution in [0, 0.1) is 0 Å². The molecule has 3 aromatic carbocycles. The van der Waals surface area contributed by atoms with Gasteiger partial charge >= 0.3 is 0 Å². The standard InChI is InChI=1S/C26H26ClN3O2S/c27-25-17-20(11-12-23(25)21-7-2-1-3-8-21)18-28-14-4-5-15-30-33(31,32)26-10-6-9-22-19-29-16-13-24(22)26/h1-3,6-13,16-17,19,28,30H,4-5,14-15,18H2. The van der Waals surface area contributed by atoms with E-state index in [2.05, 4.69) is 21.1 Å². The predicted octanol–water partition coefficient (Wildman–Crippen LogP) is 5.40. The summed E-state index contributed by atoms with van der Waals surface area (Å²) in [5, 5.41) is 5.62. The number of halogens is 1. The zero-order valence-corrected chi connectivity index (χ0v) is 19.7. The molecule has 0 spiro atoms. The minimum Gasteiger partial charge on any atom is -0.313 e. The zero-order valence-electron chi connectivity index (χ0n) is 18.2. The van der Waals surface area contributed by atoms with Crippen molar-refractivity contribution >= 4 is 32.4 Å². The molecule has 4 aromatic rings. The van der Waals surface area contributed by atoms with Crippen LogP contribution in [0.2, 0.25) is 5.02 Å². The molecular weight excluding hydrogens is 454 g/mol. The predicted molar refractivity (Wildman–Crippen MR) is 135 cm³/mol. The number of pyridine rings is 1. The first-order valence-corrected chi connectivity index (χ1v) is 12.8. The Hall–Kier alpha value is -2.77. The first kappa shape index (κ1) is 23.4. The van der Waals surface area contributed by atoms with Crippen LogP contribution in [-0.4, -0.2) is 26.5 Å². The molecule has 33 heavy (non-hydrogen) atoms. The van der Waals surface area contributed by atoms with Crippen LogP contribution >= 0.6 is 11.6 Å². The van der Waals surface area contributed by atoms with E-state index in [1.165, 1.54) is 0 Å². The summed E-state index contributed by atoms with van der Waals surface area (Å²) in [6, 6.07) is 23.1. The maximum atomic E-state index is 12.7. The Morgan fingerprint density at radius 3 is 2.52 bits per heavy atom. The van der Waals surface area contributed by atoms with Crippen molar-refractivity contribution in [3.8, 4) is 11.1 Å². The molecule has 170 valence electrons. The molecule has 0 saturated heterocycles. The van der Waals surface area contributed by atoms with Gasteiger partial charge in [-0.25, -0.2) is 13.1 Å². The molecule has 0 saturated carbocycles. The fourth-order valence-electron chi connectivity index (χ4n) is 3.74. The Morgan fingerprint density at radius 2 is 1.70 bits per heavy atom. The largest absolute Gasteiger partial charge is 0.313 e. The van der Waals surface area contributed by atoms with Gasteiger partial charge in [-0.15, -0.1) is 0 Å². The molecule has 0 aliphatic rings. The number of fused-ring (bicyclic) bond motifs is 1. The lowest BCUT2D eigenvalue weighted by molar-refractivity contribution is 0.571. The van der Waals surface area contributed by atoms with Crippen molar-refractivity contribution in [3.63, 3.8) is 0 Å². The van der Waals surface area contributed by atoms with Crippen LogP contribution in [0.3, 0.4) is 0 Å². The minimum atomic E-state index is -3.57. The van der Waals surface area contributed by atoms with Gasteiger partial charge in [0.1, 0.15) is 0 Å². The highest BCUT2D eigenvalue weighted by Crippen LogP contribution is 2.28. The van der Waals surface area contributed by atoms with Gasteiger partial charge < -0.3 is 5.32 Å². The Balaban J connectivity index is 1.21. The van der Waals surface area contributed by atoms with Crippen LogP contribution in [0.1, 0.15) is 18.4 Å². The molecule has 0 fully saturated rings. The summed E-state index contributed by atoms with van der Waals surface area (Å²) in [6.45, 7) is 1.90. The maximum absolute atomic E-state index is 12.7. The number of nitrogens with one attached hydrogen (secondary N) is 2. The quantitative estimate of drug-likeness (QED) is 0.298. The third-order valence-corrected chi connectivity index (χ3v) is 7.28. The highest BCUT2D eigenvalue weighted by atomic mass is 35.5. The Kier molecular flexibility index (Phi) is 7.73. The number of unbranched alkanes of at least 4 members (excludes halogenated alkanes) is 1. The number of aromatic nitrogens is 1. The highest BCUT2D eigenvalue weighted by molar-refractivity contribution is 7.89. The summed E-state index contributed by atoms with van der Waals surface area (Å²) in [4.78, 5) is 4.34. The molecule has 0 unspecified atom stereocenters. The van der Waals surface area contributed by atoms with Crippen molar-refractivity contribution < 1.29 is 8.42 Å². The minimum absolute atomic E-state index is 0.288. The van der Waals surface area contributed by atoms with Crippen molar-refractivity contribution in [1.29, 1.82) is 0 Å². The van der Waals surface area contributed by atoms with E-state index in [1.54, 1.807) is 30.6 Å². The van der Waals surface area contributed by atoms with Gasteiger partial charge in [-0.1, -0.05) is 66.2 Å². The SMILES string of the molecule is O=S(=O)(NCCCCNCc1ccc(-c2ccccc2)c(Cl)c1)c1cccc2cnccc12. The third kappa shape index (κ3) is 5.97. The monoisotopic (exact) mass is 479 g/mol. The van der Waals surface area contributed by atoms with Crippen molar-refractivity contribution in [3.05, 3.63) is 95.8 Å². The van der Waals surface area contributed by atoms with E-state index < -0.39 is 10.0 Å². The van der Waals surface area contributed by atoms with E-state index in [-0.39, 0.29) is 4.90 Å². The van der Waals surface area contributed by atoms with Gasteiger partial charge in [0.05, 0.1) is 4.90 Å². The second-order valence-electron chi connectivity index (χ2n) is 7.81. The molecule has 0 atom stereocenters. The molecule has 0 bridgehead atoms. The van der Waals surface area contributed by atoms with E-state index in [0.717, 1.165) is 46.5 Å². The number of hydrogen-bond donors (Lipinski definition) is 2. The molecular formula is C26H26ClN3O2S. The molecule has 1 heterocycles. The van der Waals surface area contributed by atoms with E-state index in [1.807, 2.05) is 48.5 Å². The Morgan fingerprint density at radius 1 is 0.879 bits per heavy atom. The summed E-state index contributed by atoms with van der Waals surface area (Å²) in [6.07, 6.45) is 4.88. The first-order valence-electron chi connectivity index (χ1n) is 10.9. The average molecular weight is 480 g/mol. The van der Waals surface area contributed by atoms with E-state index in [4.69, 9.17) is 11.6 Å². The number of nitrogens with zero attached hydrogens (tertiary/aromatic N) is 1. The average Bonchev–Trinajstić information content (AvgIpc) is 2.83. The molecule has 0 radical (unpaired) electrons. The Labute approximate surface area is 199 Å². The lowest BCUT2D eigenvalue weighted by Gasteiger charge is -2.10. The summed E-state index contributed by atoms with van der Waals surface area (Å²) in [5.41, 5.74) is 3.24.